The Morgan fingerprint density at radius 3 is 2.86 bits per heavy atom. The van der Waals surface area contributed by atoms with Crippen molar-refractivity contribution in [2.75, 3.05) is 29.6 Å². The first kappa shape index (κ1) is 18.7. The van der Waals surface area contributed by atoms with Gasteiger partial charge in [-0.25, -0.2) is 0 Å². The molecule has 0 unspecified atom stereocenters. The smallest absolute Gasteiger partial charge is 0.237 e. The summed E-state index contributed by atoms with van der Waals surface area (Å²) in [5.74, 6) is 1.86. The van der Waals surface area contributed by atoms with E-state index in [2.05, 4.69) is 10.6 Å². The SMILES string of the molecule is O=C(CCS[C@H]1CCc2ccccc2NC1=O)Nc1ccc2c(c1)OCCO2. The Morgan fingerprint density at radius 2 is 1.96 bits per heavy atom. The molecule has 0 spiro atoms. The molecule has 2 aromatic rings. The fourth-order valence-electron chi connectivity index (χ4n) is 3.29. The van der Waals surface area contributed by atoms with Gasteiger partial charge < -0.3 is 20.1 Å². The van der Waals surface area contributed by atoms with Crippen molar-refractivity contribution in [1.82, 2.24) is 0 Å². The normalized spacial score (nSPS) is 17.9. The second-order valence-corrected chi connectivity index (χ2v) is 8.01. The number of para-hydroxylation sites is 1. The van der Waals surface area contributed by atoms with Gasteiger partial charge in [-0.3, -0.25) is 9.59 Å². The average Bonchev–Trinajstić information content (AvgIpc) is 2.86. The molecule has 28 heavy (non-hydrogen) atoms. The number of hydrogen-bond acceptors (Lipinski definition) is 5. The van der Waals surface area contributed by atoms with E-state index in [1.165, 1.54) is 11.8 Å². The number of benzene rings is 2. The molecular formula is C21H22N2O4S. The molecule has 0 saturated heterocycles. The van der Waals surface area contributed by atoms with Gasteiger partial charge in [-0.15, -0.1) is 11.8 Å². The predicted molar refractivity (Wildman–Crippen MR) is 110 cm³/mol. The Bertz CT molecular complexity index is 886. The van der Waals surface area contributed by atoms with Gasteiger partial charge in [0, 0.05) is 29.6 Å². The van der Waals surface area contributed by atoms with Crippen molar-refractivity contribution in [3.8, 4) is 11.5 Å². The Hall–Kier alpha value is -2.67. The van der Waals surface area contributed by atoms with Gasteiger partial charge >= 0.3 is 0 Å². The van der Waals surface area contributed by atoms with E-state index in [1.807, 2.05) is 24.3 Å². The third-order valence-electron chi connectivity index (χ3n) is 4.72. The average molecular weight is 398 g/mol. The largest absolute Gasteiger partial charge is 0.486 e. The van der Waals surface area contributed by atoms with Gasteiger partial charge in [0.2, 0.25) is 11.8 Å². The first-order valence-corrected chi connectivity index (χ1v) is 10.4. The van der Waals surface area contributed by atoms with Gasteiger partial charge in [0.05, 0.1) is 5.25 Å². The molecule has 1 atom stereocenters. The number of amides is 2. The van der Waals surface area contributed by atoms with Gasteiger partial charge in [0.15, 0.2) is 11.5 Å². The first-order chi connectivity index (χ1) is 13.7. The van der Waals surface area contributed by atoms with Crippen LogP contribution in [-0.4, -0.2) is 36.0 Å². The highest BCUT2D eigenvalue weighted by Gasteiger charge is 2.24. The van der Waals surface area contributed by atoms with E-state index in [9.17, 15) is 9.59 Å². The number of anilines is 2. The van der Waals surface area contributed by atoms with Crippen molar-refractivity contribution >= 4 is 35.0 Å². The summed E-state index contributed by atoms with van der Waals surface area (Å²) in [6, 6.07) is 13.3. The van der Waals surface area contributed by atoms with Crippen molar-refractivity contribution in [3.63, 3.8) is 0 Å². The molecule has 2 heterocycles. The highest BCUT2D eigenvalue weighted by Crippen LogP contribution is 2.33. The summed E-state index contributed by atoms with van der Waals surface area (Å²) >= 11 is 1.53. The molecular weight excluding hydrogens is 376 g/mol. The lowest BCUT2D eigenvalue weighted by atomic mass is 10.1. The third-order valence-corrected chi connectivity index (χ3v) is 6.01. The topological polar surface area (TPSA) is 76.7 Å². The summed E-state index contributed by atoms with van der Waals surface area (Å²) in [6.07, 6.45) is 1.98. The highest BCUT2D eigenvalue weighted by atomic mass is 32.2. The van der Waals surface area contributed by atoms with E-state index >= 15 is 0 Å². The maximum absolute atomic E-state index is 12.4. The van der Waals surface area contributed by atoms with Crippen molar-refractivity contribution in [2.45, 2.75) is 24.5 Å². The van der Waals surface area contributed by atoms with Gasteiger partial charge in [-0.1, -0.05) is 18.2 Å². The summed E-state index contributed by atoms with van der Waals surface area (Å²) in [6.45, 7) is 1.05. The lowest BCUT2D eigenvalue weighted by molar-refractivity contribution is -0.116. The molecule has 2 N–H and O–H groups in total. The minimum atomic E-state index is -0.144. The van der Waals surface area contributed by atoms with Gasteiger partial charge in [-0.2, -0.15) is 0 Å². The van der Waals surface area contributed by atoms with Gasteiger partial charge in [-0.05, 0) is 36.6 Å². The molecule has 4 rings (SSSR count). The van der Waals surface area contributed by atoms with Crippen LogP contribution < -0.4 is 20.1 Å². The molecule has 2 amide bonds. The van der Waals surface area contributed by atoms with Crippen molar-refractivity contribution in [1.29, 1.82) is 0 Å². The van der Waals surface area contributed by atoms with Crippen LogP contribution in [0.2, 0.25) is 0 Å². The van der Waals surface area contributed by atoms with Crippen LogP contribution >= 0.6 is 11.8 Å². The van der Waals surface area contributed by atoms with Crippen molar-refractivity contribution in [3.05, 3.63) is 48.0 Å². The quantitative estimate of drug-likeness (QED) is 0.807. The number of fused-ring (bicyclic) bond motifs is 2. The zero-order chi connectivity index (χ0) is 19.3. The zero-order valence-corrected chi connectivity index (χ0v) is 16.2. The van der Waals surface area contributed by atoms with Crippen LogP contribution in [-0.2, 0) is 16.0 Å². The number of aryl methyl sites for hydroxylation is 1. The molecule has 2 aliphatic heterocycles. The van der Waals surface area contributed by atoms with Crippen LogP contribution in [0.3, 0.4) is 0 Å². The van der Waals surface area contributed by atoms with E-state index in [0.717, 1.165) is 24.1 Å². The number of thioether (sulfide) groups is 1. The maximum atomic E-state index is 12.4. The molecule has 2 aliphatic rings. The molecule has 0 bridgehead atoms. The summed E-state index contributed by atoms with van der Waals surface area (Å²) < 4.78 is 11.0. The summed E-state index contributed by atoms with van der Waals surface area (Å²) in [5, 5.41) is 5.73. The molecule has 0 aliphatic carbocycles. The second-order valence-electron chi connectivity index (χ2n) is 6.70. The van der Waals surface area contributed by atoms with Crippen LogP contribution in [0.4, 0.5) is 11.4 Å². The van der Waals surface area contributed by atoms with E-state index in [1.54, 1.807) is 18.2 Å². The standard InChI is InChI=1S/C21H22N2O4S/c24-20(22-15-6-7-17-18(13-15)27-11-10-26-17)9-12-28-19-8-5-14-3-1-2-4-16(14)23-21(19)25/h1-4,6-7,13,19H,5,8-12H2,(H,22,24)(H,23,25)/t19-/m0/s1. The van der Waals surface area contributed by atoms with Crippen LogP contribution in [0.1, 0.15) is 18.4 Å². The minimum absolute atomic E-state index is 0.0159. The summed E-state index contributed by atoms with van der Waals surface area (Å²) in [5.41, 5.74) is 2.74. The van der Waals surface area contributed by atoms with Gasteiger partial charge in [0.1, 0.15) is 13.2 Å². The third kappa shape index (κ3) is 4.42. The molecule has 0 saturated carbocycles. The van der Waals surface area contributed by atoms with E-state index in [4.69, 9.17) is 9.47 Å². The Balaban J connectivity index is 1.26. The fraction of sp³-hybridized carbons (Fsp3) is 0.333. The minimum Gasteiger partial charge on any atom is -0.486 e. The fourth-order valence-corrected chi connectivity index (χ4v) is 4.37. The first-order valence-electron chi connectivity index (χ1n) is 9.39. The maximum Gasteiger partial charge on any atom is 0.237 e. The highest BCUT2D eigenvalue weighted by molar-refractivity contribution is 8.00. The monoisotopic (exact) mass is 398 g/mol. The number of rotatable bonds is 5. The Morgan fingerprint density at radius 1 is 1.14 bits per heavy atom. The van der Waals surface area contributed by atoms with E-state index < -0.39 is 0 Å². The van der Waals surface area contributed by atoms with Crippen LogP contribution in [0.15, 0.2) is 42.5 Å². The van der Waals surface area contributed by atoms with Crippen LogP contribution in [0, 0.1) is 0 Å². The summed E-state index contributed by atoms with van der Waals surface area (Å²) in [7, 11) is 0. The number of carbonyl (C=O) groups excluding carboxylic acids is 2. The van der Waals surface area contributed by atoms with E-state index in [0.29, 0.717) is 42.6 Å². The van der Waals surface area contributed by atoms with Crippen molar-refractivity contribution in [2.24, 2.45) is 0 Å². The lowest BCUT2D eigenvalue weighted by Crippen LogP contribution is -2.24. The Kier molecular flexibility index (Phi) is 5.71. The number of ether oxygens (including phenoxy) is 2. The van der Waals surface area contributed by atoms with Crippen LogP contribution in [0.25, 0.3) is 0 Å². The van der Waals surface area contributed by atoms with Crippen molar-refractivity contribution < 1.29 is 19.1 Å². The summed E-state index contributed by atoms with van der Waals surface area (Å²) in [4.78, 5) is 24.7. The number of hydrogen-bond donors (Lipinski definition) is 2. The molecule has 0 aromatic heterocycles. The second kappa shape index (κ2) is 8.56. The molecule has 2 aromatic carbocycles. The molecule has 0 fully saturated rings. The lowest BCUT2D eigenvalue weighted by Gasteiger charge is -2.19. The van der Waals surface area contributed by atoms with Gasteiger partial charge in [0.25, 0.3) is 0 Å². The number of carbonyl (C=O) groups is 2. The molecule has 0 radical (unpaired) electrons. The van der Waals surface area contributed by atoms with E-state index in [-0.39, 0.29) is 17.1 Å². The number of nitrogens with one attached hydrogen (secondary N) is 2. The van der Waals surface area contributed by atoms with Crippen LogP contribution in [0.5, 0.6) is 11.5 Å². The predicted octanol–water partition coefficient (Wildman–Crippen LogP) is 3.47. The Labute approximate surface area is 168 Å². The molecule has 146 valence electrons. The molecule has 7 heteroatoms. The zero-order valence-electron chi connectivity index (χ0n) is 15.4. The molecule has 6 nitrogen and oxygen atoms in total.